The van der Waals surface area contributed by atoms with E-state index < -0.39 is 13.3 Å². The van der Waals surface area contributed by atoms with Crippen molar-refractivity contribution in [1.29, 1.82) is 0 Å². The van der Waals surface area contributed by atoms with E-state index in [9.17, 15) is 9.36 Å². The maximum absolute atomic E-state index is 9.43. The Kier molecular flexibility index (Phi) is 178. The molecule has 0 heterocycles. The van der Waals surface area contributed by atoms with Crippen molar-refractivity contribution in [3.05, 3.63) is 0 Å². The Balaban J connectivity index is -0.00000000500. The third kappa shape index (κ3) is 55.2. The molecule has 0 rings (SSSR count). The molecule has 0 aliphatic carbocycles. The monoisotopic (exact) mass is 306 g/mol. The molecule has 96 valence electrons. The van der Waals surface area contributed by atoms with Crippen LogP contribution in [0, 0.1) is 0 Å². The molecule has 0 aromatic heterocycles. The topological polar surface area (TPSA) is 284 Å². The summed E-state index contributed by atoms with van der Waals surface area (Å²) in [6.45, 7) is 0. The number of rotatable bonds is 1. The van der Waals surface area contributed by atoms with Crippen molar-refractivity contribution in [3.8, 4) is 0 Å². The third-order valence-corrected chi connectivity index (χ3v) is 0.748. The number of hydrogen-bond acceptors (Lipinski definition) is 2. The van der Waals surface area contributed by atoms with Crippen LogP contribution in [0.5, 0.6) is 0 Å². The summed E-state index contributed by atoms with van der Waals surface area (Å²) < 4.78 is 9.43. The molecule has 16 heavy (non-hydrogen) atoms. The fourth-order valence-corrected chi connectivity index (χ4v) is 0. The first kappa shape index (κ1) is 79.1. The van der Waals surface area contributed by atoms with Crippen molar-refractivity contribution in [2.45, 2.75) is 0 Å². The molecule has 0 fully saturated rings. The molecule has 15 heteroatoms. The van der Waals surface area contributed by atoms with Crippen molar-refractivity contribution in [2.24, 2.45) is 0 Å². The average Bonchev–Trinajstić information content (AvgIpc) is 1.31. The fourth-order valence-electron chi connectivity index (χ4n) is 0. The first-order valence-corrected chi connectivity index (χ1v) is 2.85. The number of carbonyl (C=O) groups is 1. The molecule has 0 atom stereocenters. The van der Waals surface area contributed by atoms with Crippen LogP contribution in [0.15, 0.2) is 0 Å². The van der Waals surface area contributed by atoms with Gasteiger partial charge in [0, 0.05) is 0 Å². The van der Waals surface area contributed by atoms with E-state index in [1.54, 1.807) is 0 Å². The van der Waals surface area contributed by atoms with Crippen LogP contribution in [0.1, 0.15) is 0 Å². The average molecular weight is 306 g/mol. The predicted octanol–water partition coefficient (Wildman–Crippen LogP) is -7.05. The zero-order chi connectivity index (χ0) is 6.08. The van der Waals surface area contributed by atoms with Crippen LogP contribution in [-0.4, -0.2) is 142 Å². The Morgan fingerprint density at radius 1 is 0.750 bits per heavy atom. The molecule has 0 unspecified atom stereocenters. The number of carboxylic acid groups (broad SMARTS) is 1. The first-order chi connectivity index (χ1) is 2.94. The van der Waals surface area contributed by atoms with Gasteiger partial charge in [0.05, 0.1) is 0 Å². The van der Waals surface area contributed by atoms with E-state index in [4.69, 9.17) is 14.9 Å². The van der Waals surface area contributed by atoms with E-state index in [-0.39, 0.29) is 122 Å². The normalized spacial score (nSPS) is 4.88. The zero-order valence-corrected chi connectivity index (χ0v) is 7.00. The first-order valence-electron chi connectivity index (χ1n) is 1.23. The predicted molar refractivity (Wildman–Crippen MR) is 63.2 cm³/mol. The minimum atomic E-state index is -4.82. The fraction of sp³-hybridized carbons (Fsp3) is 0. The van der Waals surface area contributed by atoms with Crippen LogP contribution < -0.4 is 0 Å². The molecule has 0 aliphatic rings. The van der Waals surface area contributed by atoms with Gasteiger partial charge in [0.1, 0.15) is 0 Å². The summed E-state index contributed by atoms with van der Waals surface area (Å²) in [4.78, 5) is 24.5. The third-order valence-electron chi connectivity index (χ3n) is 0.249. The molecule has 0 spiro atoms. The number of hydrogen-bond donors (Lipinski definition) is 3. The van der Waals surface area contributed by atoms with Crippen LogP contribution in [-0.2, 0) is 4.57 Å². The second-order valence-electron chi connectivity index (χ2n) is 0.827. The molecule has 11 nitrogen and oxygen atoms in total. The van der Waals surface area contributed by atoms with E-state index in [0.29, 0.717) is 0 Å². The summed E-state index contributed by atoms with van der Waals surface area (Å²) >= 11 is 0. The Bertz CT molecular complexity index is 133. The Hall–Kier alpha value is 2.38. The second-order valence-corrected chi connectivity index (χ2v) is 2.30. The van der Waals surface area contributed by atoms with Gasteiger partial charge in [0.25, 0.3) is 0 Å². The van der Waals surface area contributed by atoms with Crippen LogP contribution in [0.4, 0.5) is 4.79 Å². The van der Waals surface area contributed by atoms with Crippen molar-refractivity contribution in [1.82, 2.24) is 0 Å². The molecule has 0 amide bonds. The van der Waals surface area contributed by atoms with E-state index in [1.807, 2.05) is 0 Å². The van der Waals surface area contributed by atoms with E-state index in [2.05, 4.69) is 0 Å². The molecule has 0 saturated heterocycles. The quantitative estimate of drug-likeness (QED) is 0.313. The van der Waals surface area contributed by atoms with Gasteiger partial charge in [-0.05, 0) is 0 Å². The summed E-state index contributed by atoms with van der Waals surface area (Å²) in [5.74, 6) is 0. The van der Waals surface area contributed by atoms with Gasteiger partial charge in [-0.25, -0.2) is 9.36 Å². The molecule has 0 aliphatic heterocycles. The molecule has 0 saturated carbocycles. The van der Waals surface area contributed by atoms with Gasteiger partial charge in [0.15, 0.2) is 0 Å². The Labute approximate surface area is 157 Å². The van der Waals surface area contributed by atoms with Crippen molar-refractivity contribution in [2.75, 3.05) is 0 Å². The van der Waals surface area contributed by atoms with Gasteiger partial charge in [0.2, 0.25) is 0 Å². The van der Waals surface area contributed by atoms with Crippen molar-refractivity contribution < 1.29 is 57.1 Å². The van der Waals surface area contributed by atoms with E-state index in [0.717, 1.165) is 0 Å². The summed E-state index contributed by atoms with van der Waals surface area (Å²) in [5.41, 5.74) is -2.09. The molecule has 0 bridgehead atoms. The summed E-state index contributed by atoms with van der Waals surface area (Å²) in [5, 5.41) is 7.49. The molecular formula is CH18Na3O11P. The van der Waals surface area contributed by atoms with Gasteiger partial charge < -0.3 is 47.8 Å². The second kappa shape index (κ2) is 36.0. The molecular weight excluding hydrogens is 288 g/mol. The van der Waals surface area contributed by atoms with Crippen LogP contribution >= 0.6 is 7.60 Å². The molecule has 15 N–H and O–H groups in total. The van der Waals surface area contributed by atoms with Crippen LogP contribution in [0.3, 0.4) is 0 Å². The van der Waals surface area contributed by atoms with E-state index in [1.165, 1.54) is 0 Å². The van der Waals surface area contributed by atoms with Crippen molar-refractivity contribution >= 4 is 102 Å². The zero-order valence-electron chi connectivity index (χ0n) is 6.11. The van der Waals surface area contributed by atoms with Crippen molar-refractivity contribution in [3.63, 3.8) is 0 Å². The Morgan fingerprint density at radius 2 is 0.812 bits per heavy atom. The van der Waals surface area contributed by atoms with Gasteiger partial charge in [-0.3, -0.25) is 0 Å². The molecule has 0 radical (unpaired) electrons. The standard InChI is InChI=1S/CH3O5P.3Na.6H2O.3H/c2-1(3)7(4,5)6;;;;;;;;;;;;/h(H,2,3)(H2,4,5,6);;;;6*1H2;;;. The Morgan fingerprint density at radius 3 is 0.812 bits per heavy atom. The summed E-state index contributed by atoms with van der Waals surface area (Å²) in [6.07, 6.45) is 0. The summed E-state index contributed by atoms with van der Waals surface area (Å²) in [6, 6.07) is 0. The van der Waals surface area contributed by atoms with Crippen LogP contribution in [0.25, 0.3) is 0 Å². The minimum absolute atomic E-state index is 0. The van der Waals surface area contributed by atoms with Crippen LogP contribution in [0.2, 0.25) is 0 Å². The van der Waals surface area contributed by atoms with Gasteiger partial charge in [-0.15, -0.1) is 0 Å². The SMILES string of the molecule is O.O.O.O.O.O.O=C(O)P(=O)(O)O.[NaH].[NaH].[NaH]. The summed E-state index contributed by atoms with van der Waals surface area (Å²) in [7, 11) is -4.82. The molecule has 0 aromatic rings. The van der Waals surface area contributed by atoms with Gasteiger partial charge in [-0.2, -0.15) is 0 Å². The maximum atomic E-state index is 9.43. The van der Waals surface area contributed by atoms with Gasteiger partial charge in [-0.1, -0.05) is 0 Å². The molecule has 0 aromatic carbocycles. The van der Waals surface area contributed by atoms with E-state index >= 15 is 0 Å². The van der Waals surface area contributed by atoms with Gasteiger partial charge >= 0.3 is 102 Å².